The number of rotatable bonds is 2. The molecule has 0 fully saturated rings. The van der Waals surface area contributed by atoms with Crippen molar-refractivity contribution in [2.24, 2.45) is 0 Å². The second kappa shape index (κ2) is 4.71. The highest BCUT2D eigenvalue weighted by Crippen LogP contribution is 2.37. The largest absolute Gasteiger partial charge is 0.486 e. The van der Waals surface area contributed by atoms with E-state index in [4.69, 9.17) is 31.5 Å². The van der Waals surface area contributed by atoms with Gasteiger partial charge in [0, 0.05) is 19.1 Å². The van der Waals surface area contributed by atoms with Crippen molar-refractivity contribution in [3.05, 3.63) is 17.2 Å². The molecule has 0 unspecified atom stereocenters. The van der Waals surface area contributed by atoms with Gasteiger partial charge in [-0.15, -0.1) is 0 Å². The molecule has 1 heterocycles. The Labute approximate surface area is 103 Å². The van der Waals surface area contributed by atoms with E-state index in [1.54, 1.807) is 12.1 Å². The number of halogens is 1. The number of nitrogen functional groups attached to an aromatic ring is 1. The van der Waals surface area contributed by atoms with Gasteiger partial charge in [0.25, 0.3) is 0 Å². The van der Waals surface area contributed by atoms with Crippen molar-refractivity contribution in [2.45, 2.75) is 13.0 Å². The zero-order valence-electron chi connectivity index (χ0n) is 9.23. The SMILES string of the molecule is CC(=O)OC[C@H]1COc2cc(N)c(Cl)cc2O1. The van der Waals surface area contributed by atoms with E-state index in [1.165, 1.54) is 6.92 Å². The number of anilines is 1. The summed E-state index contributed by atoms with van der Waals surface area (Å²) in [6.45, 7) is 1.80. The van der Waals surface area contributed by atoms with Gasteiger partial charge >= 0.3 is 5.97 Å². The number of esters is 1. The number of hydrogen-bond donors (Lipinski definition) is 1. The van der Waals surface area contributed by atoms with Crippen LogP contribution >= 0.6 is 11.6 Å². The Morgan fingerprint density at radius 2 is 2.35 bits per heavy atom. The maximum atomic E-state index is 10.7. The van der Waals surface area contributed by atoms with Crippen molar-refractivity contribution in [1.29, 1.82) is 0 Å². The molecule has 17 heavy (non-hydrogen) atoms. The minimum Gasteiger partial charge on any atom is -0.486 e. The second-order valence-corrected chi connectivity index (χ2v) is 4.08. The highest BCUT2D eigenvalue weighted by atomic mass is 35.5. The number of carbonyl (C=O) groups excluding carboxylic acids is 1. The first-order valence-corrected chi connectivity index (χ1v) is 5.46. The van der Waals surface area contributed by atoms with Crippen LogP contribution in [-0.2, 0) is 9.53 Å². The Kier molecular flexibility index (Phi) is 3.28. The quantitative estimate of drug-likeness (QED) is 0.644. The van der Waals surface area contributed by atoms with Gasteiger partial charge in [0.2, 0.25) is 0 Å². The summed E-state index contributed by atoms with van der Waals surface area (Å²) in [6.07, 6.45) is -0.328. The number of benzene rings is 1. The molecule has 1 atom stereocenters. The predicted molar refractivity (Wildman–Crippen MR) is 62.4 cm³/mol. The van der Waals surface area contributed by atoms with Crippen molar-refractivity contribution < 1.29 is 19.0 Å². The van der Waals surface area contributed by atoms with Crippen molar-refractivity contribution >= 4 is 23.3 Å². The molecule has 0 amide bonds. The average Bonchev–Trinajstić information content (AvgIpc) is 2.28. The molecule has 0 bridgehead atoms. The standard InChI is InChI=1S/C11H12ClNO4/c1-6(14)15-4-7-5-16-10-3-9(13)8(12)2-11(10)17-7/h2-3,7H,4-5,13H2,1H3/t7-/m0/s1. The highest BCUT2D eigenvalue weighted by Gasteiger charge is 2.23. The summed E-state index contributed by atoms with van der Waals surface area (Å²) in [4.78, 5) is 10.7. The fraction of sp³-hybridized carbons (Fsp3) is 0.364. The number of nitrogens with two attached hydrogens (primary N) is 1. The summed E-state index contributed by atoms with van der Waals surface area (Å²) in [5, 5.41) is 0.403. The molecule has 92 valence electrons. The first kappa shape index (κ1) is 11.9. The lowest BCUT2D eigenvalue weighted by Gasteiger charge is -2.26. The topological polar surface area (TPSA) is 70.8 Å². The van der Waals surface area contributed by atoms with Crippen molar-refractivity contribution in [2.75, 3.05) is 18.9 Å². The minimum absolute atomic E-state index is 0.150. The van der Waals surface area contributed by atoms with Crippen LogP contribution in [0.2, 0.25) is 5.02 Å². The van der Waals surface area contributed by atoms with Gasteiger partial charge in [-0.1, -0.05) is 11.6 Å². The Balaban J connectivity index is 2.08. The number of fused-ring (bicyclic) bond motifs is 1. The van der Waals surface area contributed by atoms with E-state index < -0.39 is 0 Å². The maximum Gasteiger partial charge on any atom is 0.302 e. The molecule has 0 spiro atoms. The first-order chi connectivity index (χ1) is 8.06. The molecule has 2 rings (SSSR count). The molecule has 2 N–H and O–H groups in total. The average molecular weight is 258 g/mol. The normalized spacial score (nSPS) is 17.6. The molecule has 0 aromatic heterocycles. The van der Waals surface area contributed by atoms with Crippen LogP contribution in [0.4, 0.5) is 5.69 Å². The monoisotopic (exact) mass is 257 g/mol. The molecule has 1 aromatic carbocycles. The van der Waals surface area contributed by atoms with Gasteiger partial charge in [-0.05, 0) is 0 Å². The van der Waals surface area contributed by atoms with Gasteiger partial charge in [-0.25, -0.2) is 0 Å². The fourth-order valence-electron chi connectivity index (χ4n) is 1.44. The lowest BCUT2D eigenvalue weighted by molar-refractivity contribution is -0.144. The summed E-state index contributed by atoms with van der Waals surface area (Å²) in [6, 6.07) is 3.20. The number of carbonyl (C=O) groups is 1. The van der Waals surface area contributed by atoms with Gasteiger partial charge in [-0.3, -0.25) is 4.79 Å². The van der Waals surface area contributed by atoms with Crippen LogP contribution in [0.3, 0.4) is 0 Å². The molecule has 1 aromatic rings. The van der Waals surface area contributed by atoms with Crippen LogP contribution in [0.5, 0.6) is 11.5 Å². The van der Waals surface area contributed by atoms with Crippen molar-refractivity contribution in [1.82, 2.24) is 0 Å². The van der Waals surface area contributed by atoms with Gasteiger partial charge in [-0.2, -0.15) is 0 Å². The zero-order valence-corrected chi connectivity index (χ0v) is 9.99. The molecule has 0 saturated carbocycles. The van der Waals surface area contributed by atoms with Crippen LogP contribution in [0, 0.1) is 0 Å². The molecular formula is C11H12ClNO4. The second-order valence-electron chi connectivity index (χ2n) is 3.67. The molecule has 0 aliphatic carbocycles. The third-order valence-corrected chi connectivity index (χ3v) is 2.58. The van der Waals surface area contributed by atoms with E-state index >= 15 is 0 Å². The van der Waals surface area contributed by atoms with Crippen LogP contribution in [0.25, 0.3) is 0 Å². The third-order valence-electron chi connectivity index (χ3n) is 2.25. The van der Waals surface area contributed by atoms with Crippen LogP contribution in [0.15, 0.2) is 12.1 Å². The number of ether oxygens (including phenoxy) is 3. The fourth-order valence-corrected chi connectivity index (χ4v) is 1.60. The molecule has 6 heteroatoms. The number of hydrogen-bond acceptors (Lipinski definition) is 5. The Morgan fingerprint density at radius 1 is 1.59 bits per heavy atom. The van der Waals surface area contributed by atoms with Crippen LogP contribution < -0.4 is 15.2 Å². The van der Waals surface area contributed by atoms with Crippen molar-refractivity contribution in [3.63, 3.8) is 0 Å². The van der Waals surface area contributed by atoms with Gasteiger partial charge < -0.3 is 19.9 Å². The molecule has 1 aliphatic heterocycles. The van der Waals surface area contributed by atoms with Crippen LogP contribution in [-0.4, -0.2) is 25.3 Å². The van der Waals surface area contributed by atoms with Gasteiger partial charge in [0.15, 0.2) is 17.6 Å². The summed E-state index contributed by atoms with van der Waals surface area (Å²) >= 11 is 5.87. The molecule has 0 saturated heterocycles. The smallest absolute Gasteiger partial charge is 0.302 e. The third kappa shape index (κ3) is 2.74. The first-order valence-electron chi connectivity index (χ1n) is 5.08. The highest BCUT2D eigenvalue weighted by molar-refractivity contribution is 6.33. The van der Waals surface area contributed by atoms with E-state index in [2.05, 4.69) is 0 Å². The minimum atomic E-state index is -0.352. The molecule has 0 radical (unpaired) electrons. The Hall–Kier alpha value is -1.62. The van der Waals surface area contributed by atoms with E-state index in [-0.39, 0.29) is 18.7 Å². The maximum absolute atomic E-state index is 10.7. The zero-order chi connectivity index (χ0) is 12.4. The molecular weight excluding hydrogens is 246 g/mol. The molecule has 5 nitrogen and oxygen atoms in total. The summed E-state index contributed by atoms with van der Waals surface area (Å²) in [7, 11) is 0. The van der Waals surface area contributed by atoms with Gasteiger partial charge in [0.1, 0.15) is 13.2 Å². The molecule has 1 aliphatic rings. The lowest BCUT2D eigenvalue weighted by Crippen LogP contribution is -2.34. The van der Waals surface area contributed by atoms with Gasteiger partial charge in [0.05, 0.1) is 10.7 Å². The predicted octanol–water partition coefficient (Wildman–Crippen LogP) is 1.63. The Bertz CT molecular complexity index is 449. The van der Waals surface area contributed by atoms with E-state index in [0.29, 0.717) is 28.8 Å². The van der Waals surface area contributed by atoms with E-state index in [0.717, 1.165) is 0 Å². The van der Waals surface area contributed by atoms with Crippen LogP contribution in [0.1, 0.15) is 6.92 Å². The lowest BCUT2D eigenvalue weighted by atomic mass is 10.2. The summed E-state index contributed by atoms with van der Waals surface area (Å²) in [5.74, 6) is 0.702. The van der Waals surface area contributed by atoms with E-state index in [1.807, 2.05) is 0 Å². The van der Waals surface area contributed by atoms with Crippen molar-refractivity contribution in [3.8, 4) is 11.5 Å². The van der Waals surface area contributed by atoms with E-state index in [9.17, 15) is 4.79 Å². The Morgan fingerprint density at radius 3 is 3.06 bits per heavy atom. The summed E-state index contributed by atoms with van der Waals surface area (Å²) < 4.78 is 15.9. The summed E-state index contributed by atoms with van der Waals surface area (Å²) in [5.41, 5.74) is 6.08.